The van der Waals surface area contributed by atoms with Gasteiger partial charge in [0.15, 0.2) is 23.1 Å². The zero-order chi connectivity index (χ0) is 25.9. The highest BCUT2D eigenvalue weighted by Crippen LogP contribution is 2.51. The highest BCUT2D eigenvalue weighted by Gasteiger charge is 2.27. The Morgan fingerprint density at radius 2 is 1.64 bits per heavy atom. The van der Waals surface area contributed by atoms with Crippen LogP contribution in [0.1, 0.15) is 13.8 Å². The summed E-state index contributed by atoms with van der Waals surface area (Å²) in [4.78, 5) is 0. The molecule has 0 N–H and O–H groups in total. The van der Waals surface area contributed by atoms with Crippen LogP contribution in [0.25, 0.3) is 22.3 Å². The third kappa shape index (κ3) is 5.73. The maximum atomic E-state index is 14.9. The first-order chi connectivity index (χ1) is 17.2. The molecule has 0 atom stereocenters. The molecule has 0 unspecified atom stereocenters. The number of benzene rings is 3. The molecule has 36 heavy (non-hydrogen) atoms. The molecule has 4 rings (SSSR count). The van der Waals surface area contributed by atoms with Crippen LogP contribution in [0.15, 0.2) is 60.2 Å². The van der Waals surface area contributed by atoms with E-state index in [9.17, 15) is 12.8 Å². The van der Waals surface area contributed by atoms with Crippen LogP contribution < -0.4 is 23.1 Å². The van der Waals surface area contributed by atoms with Gasteiger partial charge in [-0.2, -0.15) is 8.42 Å². The van der Waals surface area contributed by atoms with Gasteiger partial charge in [-0.3, -0.25) is 0 Å². The van der Waals surface area contributed by atoms with E-state index in [2.05, 4.69) is 0 Å². The fraction of sp³-hybridized carbons (Fsp3) is 0.259. The summed E-state index contributed by atoms with van der Waals surface area (Å²) in [5.74, 6) is 1.21. The van der Waals surface area contributed by atoms with Crippen LogP contribution in [0, 0.1) is 5.82 Å². The van der Waals surface area contributed by atoms with Gasteiger partial charge in [0, 0.05) is 5.56 Å². The molecule has 0 aliphatic carbocycles. The topological polar surface area (TPSA) is 80.3 Å². The van der Waals surface area contributed by atoms with Crippen LogP contribution in [0.5, 0.6) is 28.7 Å². The minimum Gasteiger partial charge on any atom is -0.496 e. The van der Waals surface area contributed by atoms with E-state index in [1.165, 1.54) is 13.2 Å². The fourth-order valence-corrected chi connectivity index (χ4v) is 4.23. The quantitative estimate of drug-likeness (QED) is 0.285. The summed E-state index contributed by atoms with van der Waals surface area (Å²) in [5, 5.41) is 0. The van der Waals surface area contributed by atoms with Gasteiger partial charge in [-0.05, 0) is 61.4 Å². The molecule has 3 aromatic carbocycles. The Morgan fingerprint density at radius 3 is 2.25 bits per heavy atom. The number of hydrogen-bond acceptors (Lipinski definition) is 7. The first-order valence-corrected chi connectivity index (χ1v) is 13.0. The van der Waals surface area contributed by atoms with Crippen molar-refractivity contribution in [2.45, 2.75) is 13.8 Å². The number of fused-ring (bicyclic) bond motifs is 1. The predicted octanol–water partition coefficient (Wildman–Crippen LogP) is 5.62. The van der Waals surface area contributed by atoms with Crippen molar-refractivity contribution in [2.24, 2.45) is 0 Å². The fourth-order valence-electron chi connectivity index (χ4n) is 3.77. The lowest BCUT2D eigenvalue weighted by Crippen LogP contribution is -2.17. The van der Waals surface area contributed by atoms with E-state index < -0.39 is 15.9 Å². The maximum absolute atomic E-state index is 14.9. The second-order valence-corrected chi connectivity index (χ2v) is 9.98. The van der Waals surface area contributed by atoms with Crippen molar-refractivity contribution in [1.29, 1.82) is 0 Å². The summed E-state index contributed by atoms with van der Waals surface area (Å²) in [6.07, 6.45) is 2.85. The molecule has 1 aliphatic rings. The molecule has 9 heteroatoms. The van der Waals surface area contributed by atoms with Crippen LogP contribution >= 0.6 is 0 Å². The predicted molar refractivity (Wildman–Crippen MR) is 135 cm³/mol. The molecule has 0 fully saturated rings. The van der Waals surface area contributed by atoms with Crippen molar-refractivity contribution in [3.05, 3.63) is 66.0 Å². The van der Waals surface area contributed by atoms with E-state index in [1.807, 2.05) is 19.9 Å². The molecule has 0 bridgehead atoms. The van der Waals surface area contributed by atoms with Crippen molar-refractivity contribution < 1.29 is 35.9 Å². The molecular weight excluding hydrogens is 487 g/mol. The van der Waals surface area contributed by atoms with Gasteiger partial charge in [-0.15, -0.1) is 0 Å². The second-order valence-electron chi connectivity index (χ2n) is 8.41. The van der Waals surface area contributed by atoms with Crippen LogP contribution in [-0.4, -0.2) is 41.6 Å². The smallest absolute Gasteiger partial charge is 0.306 e. The molecule has 0 saturated carbocycles. The summed E-state index contributed by atoms with van der Waals surface area (Å²) in [6.45, 7) is 4.83. The zero-order valence-electron chi connectivity index (χ0n) is 20.5. The Labute approximate surface area is 210 Å². The summed E-state index contributed by atoms with van der Waals surface area (Å²) in [6, 6.07) is 13.0. The Hall–Kier alpha value is -3.72. The number of halogens is 1. The average Bonchev–Trinajstić information content (AvgIpc) is 2.83. The van der Waals surface area contributed by atoms with Gasteiger partial charge in [-0.1, -0.05) is 23.8 Å². The molecule has 1 aliphatic heterocycles. The van der Waals surface area contributed by atoms with Gasteiger partial charge in [0.1, 0.15) is 31.3 Å². The number of hydrogen-bond donors (Lipinski definition) is 0. The van der Waals surface area contributed by atoms with E-state index in [-0.39, 0.29) is 18.1 Å². The Morgan fingerprint density at radius 1 is 0.972 bits per heavy atom. The third-order valence-corrected chi connectivity index (χ3v) is 5.85. The van der Waals surface area contributed by atoms with Gasteiger partial charge in [0.05, 0.1) is 18.9 Å². The minimum atomic E-state index is -3.64. The van der Waals surface area contributed by atoms with Gasteiger partial charge in [0.2, 0.25) is 0 Å². The van der Waals surface area contributed by atoms with Gasteiger partial charge in [-0.25, -0.2) is 4.39 Å². The van der Waals surface area contributed by atoms with E-state index in [0.29, 0.717) is 47.2 Å². The van der Waals surface area contributed by atoms with E-state index in [4.69, 9.17) is 23.1 Å². The lowest BCUT2D eigenvalue weighted by Gasteiger charge is -2.26. The summed E-state index contributed by atoms with van der Waals surface area (Å²) >= 11 is 0. The number of allylic oxidation sites excluding steroid dienone is 1. The lowest BCUT2D eigenvalue weighted by molar-refractivity contribution is 0.172. The molecule has 0 aromatic heterocycles. The summed E-state index contributed by atoms with van der Waals surface area (Å²) in [5.41, 5.74) is 3.60. The van der Waals surface area contributed by atoms with E-state index >= 15 is 0 Å². The molecular formula is C27H27FO7S. The normalized spacial score (nSPS) is 12.6. The first-order valence-electron chi connectivity index (χ1n) is 11.2. The van der Waals surface area contributed by atoms with Crippen LogP contribution in [0.3, 0.4) is 0 Å². The molecule has 0 amide bonds. The van der Waals surface area contributed by atoms with Crippen LogP contribution in [-0.2, 0) is 10.1 Å². The highest BCUT2D eigenvalue weighted by atomic mass is 32.2. The van der Waals surface area contributed by atoms with Gasteiger partial charge < -0.3 is 23.1 Å². The van der Waals surface area contributed by atoms with E-state index in [0.717, 1.165) is 17.4 Å². The number of methoxy groups -OCH3 is 1. The Bertz CT molecular complexity index is 1390. The number of rotatable bonds is 8. The minimum absolute atomic E-state index is 0.147. The van der Waals surface area contributed by atoms with Gasteiger partial charge in [0.25, 0.3) is 0 Å². The van der Waals surface area contributed by atoms with Gasteiger partial charge >= 0.3 is 10.1 Å². The summed E-state index contributed by atoms with van der Waals surface area (Å²) < 4.78 is 65.9. The van der Waals surface area contributed by atoms with Crippen LogP contribution in [0.2, 0.25) is 0 Å². The summed E-state index contributed by atoms with van der Waals surface area (Å²) in [7, 11) is -2.12. The zero-order valence-corrected chi connectivity index (χ0v) is 21.3. The van der Waals surface area contributed by atoms with Crippen LogP contribution in [0.4, 0.5) is 4.39 Å². The van der Waals surface area contributed by atoms with Crippen molar-refractivity contribution in [3.8, 4) is 51.0 Å². The van der Waals surface area contributed by atoms with Crippen molar-refractivity contribution >= 4 is 10.1 Å². The van der Waals surface area contributed by atoms with E-state index in [1.54, 1.807) is 42.5 Å². The second kappa shape index (κ2) is 10.5. The third-order valence-electron chi connectivity index (χ3n) is 5.36. The van der Waals surface area contributed by atoms with Crippen molar-refractivity contribution in [2.75, 3.05) is 33.2 Å². The Kier molecular flexibility index (Phi) is 7.40. The largest absolute Gasteiger partial charge is 0.496 e. The molecule has 0 spiro atoms. The molecule has 3 aromatic rings. The SMILES string of the molecule is COc1cc(-c2ccc(OS(C)(=O)=O)cc2)c2c(c1-c1ccc(OCC=C(C)C)c(F)c1)OCCO2. The van der Waals surface area contributed by atoms with Crippen molar-refractivity contribution in [1.82, 2.24) is 0 Å². The monoisotopic (exact) mass is 514 g/mol. The molecule has 0 radical (unpaired) electrons. The highest BCUT2D eigenvalue weighted by molar-refractivity contribution is 7.86. The maximum Gasteiger partial charge on any atom is 0.306 e. The first kappa shape index (κ1) is 25.4. The molecule has 1 heterocycles. The molecule has 0 saturated heterocycles. The molecule has 190 valence electrons. The Balaban J connectivity index is 1.76. The molecule has 7 nitrogen and oxygen atoms in total. The lowest BCUT2D eigenvalue weighted by atomic mass is 9.96. The number of ether oxygens (including phenoxy) is 4. The average molecular weight is 515 g/mol. The van der Waals surface area contributed by atoms with Crippen molar-refractivity contribution in [3.63, 3.8) is 0 Å². The standard InChI is InChI=1S/C27H27FO7S/c1-17(2)11-12-32-23-10-7-19(15-22(23)28)25-24(31-3)16-21(26-27(25)34-14-13-33-26)18-5-8-20(9-6-18)35-36(4,29)30/h5-11,15-16H,12-14H2,1-4H3.